The molecule has 0 fully saturated rings. The summed E-state index contributed by atoms with van der Waals surface area (Å²) < 4.78 is 0. The van der Waals surface area contributed by atoms with Crippen molar-refractivity contribution in [2.75, 3.05) is 14.7 Å². The van der Waals surface area contributed by atoms with Crippen LogP contribution in [0.25, 0.3) is 22.3 Å². The summed E-state index contributed by atoms with van der Waals surface area (Å²) >= 11 is 0. The topological polar surface area (TPSA) is 9.72 Å². The molecule has 5 aromatic rings. The fourth-order valence-corrected chi connectivity index (χ4v) is 5.96. The molecule has 184 valence electrons. The quantitative estimate of drug-likeness (QED) is 0.244. The highest BCUT2D eigenvalue weighted by Crippen LogP contribution is 2.49. The molecule has 7 rings (SSSR count). The molecule has 0 saturated heterocycles. The van der Waals surface area contributed by atoms with E-state index in [1.54, 1.807) is 0 Å². The van der Waals surface area contributed by atoms with Gasteiger partial charge >= 0.3 is 0 Å². The minimum atomic E-state index is 0.0656. The van der Waals surface area contributed by atoms with E-state index in [2.05, 4.69) is 162 Å². The van der Waals surface area contributed by atoms with Crippen molar-refractivity contribution in [3.05, 3.63) is 145 Å². The van der Waals surface area contributed by atoms with Crippen molar-refractivity contribution in [1.82, 2.24) is 0 Å². The van der Waals surface area contributed by atoms with Crippen molar-refractivity contribution in [3.63, 3.8) is 0 Å². The van der Waals surface area contributed by atoms with Crippen LogP contribution in [0.4, 0.5) is 22.7 Å². The molecule has 2 aliphatic heterocycles. The first-order chi connectivity index (χ1) is 18.7. The summed E-state index contributed by atoms with van der Waals surface area (Å²) in [5, 5.41) is 0. The van der Waals surface area contributed by atoms with E-state index in [0.717, 1.165) is 17.2 Å². The second kappa shape index (κ2) is 8.97. The fraction of sp³-hybridized carbons (Fsp3) is 0.0857. The van der Waals surface area contributed by atoms with Gasteiger partial charge in [-0.1, -0.05) is 97.1 Å². The molecule has 0 saturated carbocycles. The molecule has 0 aliphatic carbocycles. The second-order valence-corrected chi connectivity index (χ2v) is 9.93. The summed E-state index contributed by atoms with van der Waals surface area (Å²) in [7, 11) is 0. The maximum Gasteiger partial charge on any atom is 0.136 e. The Kier molecular flexibility index (Phi) is 5.29. The lowest BCUT2D eigenvalue weighted by atomic mass is 9.92. The lowest BCUT2D eigenvalue weighted by Crippen LogP contribution is -2.40. The lowest BCUT2D eigenvalue weighted by Gasteiger charge is -2.37. The zero-order chi connectivity index (χ0) is 25.6. The van der Waals surface area contributed by atoms with E-state index in [0.29, 0.717) is 0 Å². The third kappa shape index (κ3) is 3.43. The van der Waals surface area contributed by atoms with Crippen molar-refractivity contribution in [2.24, 2.45) is 0 Å². The zero-order valence-corrected chi connectivity index (χ0v) is 21.6. The van der Waals surface area contributed by atoms with Crippen molar-refractivity contribution in [3.8, 4) is 22.3 Å². The summed E-state index contributed by atoms with van der Waals surface area (Å²) in [6.45, 7) is 4.49. The van der Waals surface area contributed by atoms with Gasteiger partial charge < -0.3 is 9.80 Å². The molecule has 0 spiro atoms. The molecule has 3 nitrogen and oxygen atoms in total. The van der Waals surface area contributed by atoms with Crippen LogP contribution in [-0.4, -0.2) is 6.17 Å². The molecule has 2 heterocycles. The first-order valence-electron chi connectivity index (χ1n) is 13.2. The van der Waals surface area contributed by atoms with E-state index in [1.807, 2.05) is 0 Å². The largest absolute Gasteiger partial charge is 0.323 e. The molecule has 0 aromatic heterocycles. The van der Waals surface area contributed by atoms with Crippen LogP contribution in [0.2, 0.25) is 0 Å². The summed E-state index contributed by atoms with van der Waals surface area (Å²) in [5.74, 6) is 1.12. The summed E-state index contributed by atoms with van der Waals surface area (Å²) in [6.07, 6.45) is 2.39. The van der Waals surface area contributed by atoms with E-state index in [1.165, 1.54) is 39.2 Å². The first kappa shape index (κ1) is 22.4. The molecule has 0 bridgehead atoms. The Bertz CT molecular complexity index is 1670. The number of para-hydroxylation sites is 4. The fourth-order valence-electron chi connectivity index (χ4n) is 5.96. The Morgan fingerprint density at radius 3 is 1.66 bits per heavy atom. The van der Waals surface area contributed by atoms with Crippen LogP contribution < -0.4 is 14.7 Å². The summed E-state index contributed by atoms with van der Waals surface area (Å²) in [4.78, 5) is 7.32. The van der Waals surface area contributed by atoms with Crippen molar-refractivity contribution >= 4 is 22.7 Å². The van der Waals surface area contributed by atoms with Crippen LogP contribution >= 0.6 is 0 Å². The molecule has 2 aliphatic rings. The standard InChI is InChI=1S/C35H29N3/c1-25-14-6-11-21-32(25)36-24-35-37(26(36)2)33-22-12-9-19-30(33)28-17-7-8-18-29(28)31-20-10-13-23-34(31)38(35)27-15-4-3-5-16-27/h3-24,26H,1-2H3/t26-/m1/s1. The van der Waals surface area contributed by atoms with Gasteiger partial charge in [0.25, 0.3) is 0 Å². The van der Waals surface area contributed by atoms with Crippen molar-refractivity contribution < 1.29 is 0 Å². The monoisotopic (exact) mass is 491 g/mol. The van der Waals surface area contributed by atoms with Crippen LogP contribution in [0.3, 0.4) is 0 Å². The average molecular weight is 492 g/mol. The number of benzene rings is 5. The number of hydrogen-bond acceptors (Lipinski definition) is 3. The van der Waals surface area contributed by atoms with Crippen LogP contribution in [0.1, 0.15) is 12.5 Å². The van der Waals surface area contributed by atoms with E-state index in [9.17, 15) is 0 Å². The highest BCUT2D eigenvalue weighted by Gasteiger charge is 2.38. The van der Waals surface area contributed by atoms with Gasteiger partial charge in [0.05, 0.1) is 11.4 Å². The molecule has 0 amide bonds. The van der Waals surface area contributed by atoms with Gasteiger partial charge in [0, 0.05) is 28.7 Å². The smallest absolute Gasteiger partial charge is 0.136 e. The van der Waals surface area contributed by atoms with Gasteiger partial charge in [0.15, 0.2) is 0 Å². The Morgan fingerprint density at radius 2 is 1.00 bits per heavy atom. The van der Waals surface area contributed by atoms with Crippen molar-refractivity contribution in [1.29, 1.82) is 0 Å². The third-order valence-corrected chi connectivity index (χ3v) is 7.73. The minimum Gasteiger partial charge on any atom is -0.323 e. The Labute approximate surface area is 224 Å². The lowest BCUT2D eigenvalue weighted by molar-refractivity contribution is 0.731. The number of nitrogens with zero attached hydrogens (tertiary/aromatic N) is 3. The van der Waals surface area contributed by atoms with Gasteiger partial charge in [0.1, 0.15) is 12.0 Å². The molecule has 0 unspecified atom stereocenters. The van der Waals surface area contributed by atoms with Crippen LogP contribution in [-0.2, 0) is 0 Å². The van der Waals surface area contributed by atoms with Crippen molar-refractivity contribution in [2.45, 2.75) is 20.0 Å². The Hall–Kier alpha value is -4.76. The normalized spacial score (nSPS) is 15.9. The molecule has 38 heavy (non-hydrogen) atoms. The zero-order valence-electron chi connectivity index (χ0n) is 21.6. The predicted octanol–water partition coefficient (Wildman–Crippen LogP) is 8.95. The van der Waals surface area contributed by atoms with E-state index < -0.39 is 0 Å². The van der Waals surface area contributed by atoms with Gasteiger partial charge in [0.2, 0.25) is 0 Å². The first-order valence-corrected chi connectivity index (χ1v) is 13.2. The summed E-state index contributed by atoms with van der Waals surface area (Å²) in [6, 6.07) is 45.8. The molecule has 1 atom stereocenters. The molecule has 0 N–H and O–H groups in total. The second-order valence-electron chi connectivity index (χ2n) is 9.93. The predicted molar refractivity (Wildman–Crippen MR) is 160 cm³/mol. The van der Waals surface area contributed by atoms with Crippen LogP contribution in [0.5, 0.6) is 0 Å². The minimum absolute atomic E-state index is 0.0656. The molecular formula is C35H29N3. The van der Waals surface area contributed by atoms with Gasteiger partial charge in [-0.3, -0.25) is 4.90 Å². The number of fused-ring (bicyclic) bond motifs is 7. The number of aryl methyl sites for hydroxylation is 1. The highest BCUT2D eigenvalue weighted by molar-refractivity contribution is 5.98. The van der Waals surface area contributed by atoms with Gasteiger partial charge in [-0.25, -0.2) is 0 Å². The molecule has 3 heteroatoms. The maximum absolute atomic E-state index is 2.49. The van der Waals surface area contributed by atoms with Crippen LogP contribution in [0, 0.1) is 6.92 Å². The maximum atomic E-state index is 2.49. The Morgan fingerprint density at radius 1 is 0.500 bits per heavy atom. The summed E-state index contributed by atoms with van der Waals surface area (Å²) in [5.41, 5.74) is 10.9. The van der Waals surface area contributed by atoms with E-state index in [-0.39, 0.29) is 6.17 Å². The van der Waals surface area contributed by atoms with Gasteiger partial charge in [-0.15, -0.1) is 0 Å². The van der Waals surface area contributed by atoms with E-state index in [4.69, 9.17) is 0 Å². The number of anilines is 4. The SMILES string of the molecule is Cc1ccccc1N1C=C2N(c3ccccc3)c3ccccc3-c3ccccc3-c3ccccc3N2[C@@H]1C. The third-order valence-electron chi connectivity index (χ3n) is 7.73. The van der Waals surface area contributed by atoms with Gasteiger partial charge in [-0.05, 0) is 60.9 Å². The van der Waals surface area contributed by atoms with E-state index >= 15 is 0 Å². The molecular weight excluding hydrogens is 462 g/mol. The van der Waals surface area contributed by atoms with Gasteiger partial charge in [-0.2, -0.15) is 0 Å². The highest BCUT2D eigenvalue weighted by atomic mass is 15.5. The number of hydrogen-bond donors (Lipinski definition) is 0. The Balaban J connectivity index is 1.59. The molecule has 0 radical (unpaired) electrons. The molecule has 5 aromatic carbocycles. The van der Waals surface area contributed by atoms with Crippen LogP contribution in [0.15, 0.2) is 139 Å². The average Bonchev–Trinajstić information content (AvgIpc) is 3.31. The number of rotatable bonds is 2.